The van der Waals surface area contributed by atoms with Crippen molar-refractivity contribution in [1.82, 2.24) is 4.98 Å². The average Bonchev–Trinajstić information content (AvgIpc) is 2.06. The van der Waals surface area contributed by atoms with Crippen molar-refractivity contribution in [2.45, 2.75) is 32.8 Å². The number of aromatic nitrogens is 1. The molecule has 0 atom stereocenters. The molecule has 16 heavy (non-hydrogen) atoms. The molecule has 1 rings (SSSR count). The summed E-state index contributed by atoms with van der Waals surface area (Å²) in [5, 5.41) is 0. The van der Waals surface area contributed by atoms with Crippen molar-refractivity contribution in [1.29, 1.82) is 0 Å². The van der Waals surface area contributed by atoms with Crippen LogP contribution in [-0.4, -0.2) is 16.6 Å². The Morgan fingerprint density at radius 2 is 2.19 bits per heavy atom. The molecule has 0 fully saturated rings. The van der Waals surface area contributed by atoms with Gasteiger partial charge in [0.15, 0.2) is 0 Å². The fourth-order valence-electron chi connectivity index (χ4n) is 1.09. The molecule has 0 aromatic carbocycles. The van der Waals surface area contributed by atoms with E-state index in [4.69, 9.17) is 4.74 Å². The molecule has 0 aliphatic carbocycles. The van der Waals surface area contributed by atoms with Crippen molar-refractivity contribution < 1.29 is 13.9 Å². The Kier molecular flexibility index (Phi) is 4.23. The number of halogens is 2. The Labute approximate surface area is 108 Å². The molecule has 0 unspecified atom stereocenters. The van der Waals surface area contributed by atoms with E-state index in [1.165, 1.54) is 12.3 Å². The van der Waals surface area contributed by atoms with Gasteiger partial charge in [-0.05, 0) is 49.4 Å². The molecule has 1 aromatic rings. The van der Waals surface area contributed by atoms with Crippen LogP contribution in [0.2, 0.25) is 0 Å². The quantitative estimate of drug-likeness (QED) is 0.615. The van der Waals surface area contributed by atoms with Crippen LogP contribution in [0.25, 0.3) is 0 Å². The Bertz CT molecular complexity index is 401. The number of carbonyl (C=O) groups is 1. The summed E-state index contributed by atoms with van der Waals surface area (Å²) in [4.78, 5) is 15.3. The van der Waals surface area contributed by atoms with Crippen LogP contribution < -0.4 is 0 Å². The number of hydrogen-bond acceptors (Lipinski definition) is 3. The summed E-state index contributed by atoms with van der Waals surface area (Å²) in [7, 11) is 0. The fraction of sp³-hybridized carbons (Fsp3) is 0.455. The second-order valence-electron chi connectivity index (χ2n) is 4.35. The number of rotatable bonds is 2. The molecule has 0 aliphatic heterocycles. The Hall–Kier alpha value is -0.720. The smallest absolute Gasteiger partial charge is 0.312 e. The monoisotopic (exact) mass is 337 g/mol. The first-order valence-electron chi connectivity index (χ1n) is 4.80. The third kappa shape index (κ3) is 4.42. The highest BCUT2D eigenvalue weighted by atomic mass is 127. The van der Waals surface area contributed by atoms with Crippen molar-refractivity contribution in [2.24, 2.45) is 0 Å². The molecule has 0 amide bonds. The van der Waals surface area contributed by atoms with Gasteiger partial charge in [-0.3, -0.25) is 9.78 Å². The molecule has 0 aliphatic rings. The lowest BCUT2D eigenvalue weighted by atomic mass is 10.2. The van der Waals surface area contributed by atoms with Gasteiger partial charge in [-0.15, -0.1) is 0 Å². The highest BCUT2D eigenvalue weighted by Crippen LogP contribution is 2.12. The molecule has 3 nitrogen and oxygen atoms in total. The van der Waals surface area contributed by atoms with Crippen LogP contribution in [0.5, 0.6) is 0 Å². The molecule has 0 N–H and O–H groups in total. The predicted octanol–water partition coefficient (Wildman–Crippen LogP) is 2.71. The highest BCUT2D eigenvalue weighted by molar-refractivity contribution is 14.1. The van der Waals surface area contributed by atoms with E-state index in [0.29, 0.717) is 3.57 Å². The zero-order chi connectivity index (χ0) is 12.3. The summed E-state index contributed by atoms with van der Waals surface area (Å²) in [6, 6.07) is 1.34. The number of hydrogen-bond donors (Lipinski definition) is 0. The number of esters is 1. The lowest BCUT2D eigenvalue weighted by molar-refractivity contribution is -0.154. The molecule has 0 bridgehead atoms. The van der Waals surface area contributed by atoms with Gasteiger partial charge in [0.2, 0.25) is 0 Å². The minimum atomic E-state index is -0.559. The van der Waals surface area contributed by atoms with Crippen molar-refractivity contribution in [3.63, 3.8) is 0 Å². The molecule has 0 spiro atoms. The van der Waals surface area contributed by atoms with Gasteiger partial charge < -0.3 is 4.74 Å². The van der Waals surface area contributed by atoms with Crippen LogP contribution >= 0.6 is 22.6 Å². The summed E-state index contributed by atoms with van der Waals surface area (Å²) in [6.07, 6.45) is 1.38. The average molecular weight is 337 g/mol. The number of ether oxygens (including phenoxy) is 1. The Balaban J connectivity index is 2.70. The van der Waals surface area contributed by atoms with Crippen LogP contribution in [0.15, 0.2) is 12.3 Å². The zero-order valence-electron chi connectivity index (χ0n) is 9.38. The highest BCUT2D eigenvalue weighted by Gasteiger charge is 2.18. The molecule has 1 aromatic heterocycles. The van der Waals surface area contributed by atoms with Crippen LogP contribution in [0.4, 0.5) is 4.39 Å². The third-order valence-electron chi connectivity index (χ3n) is 1.62. The third-order valence-corrected chi connectivity index (χ3v) is 2.21. The summed E-state index contributed by atoms with van der Waals surface area (Å²) < 4.78 is 19.1. The second-order valence-corrected chi connectivity index (χ2v) is 5.59. The molecule has 0 saturated carbocycles. The summed E-state index contributed by atoms with van der Waals surface area (Å²) in [5.41, 5.74) is -0.439. The van der Waals surface area contributed by atoms with Crippen LogP contribution in [0.3, 0.4) is 0 Å². The first-order valence-corrected chi connectivity index (χ1v) is 5.87. The van der Waals surface area contributed by atoms with E-state index >= 15 is 0 Å². The van der Waals surface area contributed by atoms with Gasteiger partial charge >= 0.3 is 5.97 Å². The van der Waals surface area contributed by atoms with Gasteiger partial charge in [-0.25, -0.2) is 4.39 Å². The van der Waals surface area contributed by atoms with Gasteiger partial charge in [-0.2, -0.15) is 0 Å². The van der Waals surface area contributed by atoms with E-state index < -0.39 is 17.4 Å². The number of nitrogens with zero attached hydrogens (tertiary/aromatic N) is 1. The predicted molar refractivity (Wildman–Crippen MR) is 66.5 cm³/mol. The van der Waals surface area contributed by atoms with Crippen molar-refractivity contribution in [3.05, 3.63) is 27.3 Å². The number of carbonyl (C=O) groups excluding carboxylic acids is 1. The molecule has 0 radical (unpaired) electrons. The topological polar surface area (TPSA) is 39.2 Å². The van der Waals surface area contributed by atoms with Crippen LogP contribution in [0, 0.1) is 9.39 Å². The zero-order valence-corrected chi connectivity index (χ0v) is 11.5. The minimum Gasteiger partial charge on any atom is -0.460 e. The molecular formula is C11H13FINO2. The summed E-state index contributed by atoms with van der Waals surface area (Å²) in [6.45, 7) is 5.30. The first kappa shape index (κ1) is 13.3. The molecule has 1 heterocycles. The minimum absolute atomic E-state index is 0.120. The van der Waals surface area contributed by atoms with E-state index in [1.54, 1.807) is 20.8 Å². The maximum Gasteiger partial charge on any atom is 0.312 e. The molecular weight excluding hydrogens is 324 g/mol. The summed E-state index contributed by atoms with van der Waals surface area (Å²) in [5.74, 6) is -0.946. The van der Waals surface area contributed by atoms with E-state index in [1.807, 2.05) is 22.6 Å². The fourth-order valence-corrected chi connectivity index (χ4v) is 1.50. The second kappa shape index (κ2) is 5.07. The summed E-state index contributed by atoms with van der Waals surface area (Å²) >= 11 is 1.96. The largest absolute Gasteiger partial charge is 0.460 e. The number of pyridine rings is 1. The Morgan fingerprint density at radius 1 is 1.56 bits per heavy atom. The van der Waals surface area contributed by atoms with Crippen molar-refractivity contribution >= 4 is 28.6 Å². The molecule has 0 saturated heterocycles. The Morgan fingerprint density at radius 3 is 2.69 bits per heavy atom. The van der Waals surface area contributed by atoms with E-state index in [2.05, 4.69) is 4.98 Å². The lowest BCUT2D eigenvalue weighted by Gasteiger charge is -2.19. The lowest BCUT2D eigenvalue weighted by Crippen LogP contribution is -2.25. The van der Waals surface area contributed by atoms with Crippen molar-refractivity contribution in [2.75, 3.05) is 0 Å². The van der Waals surface area contributed by atoms with Gasteiger partial charge in [0.05, 0.1) is 12.1 Å². The van der Waals surface area contributed by atoms with E-state index in [9.17, 15) is 9.18 Å². The van der Waals surface area contributed by atoms with Crippen LogP contribution in [-0.2, 0) is 16.0 Å². The van der Waals surface area contributed by atoms with Gasteiger partial charge in [0.1, 0.15) is 11.4 Å². The van der Waals surface area contributed by atoms with E-state index in [-0.39, 0.29) is 12.1 Å². The van der Waals surface area contributed by atoms with Gasteiger partial charge in [-0.1, -0.05) is 0 Å². The van der Waals surface area contributed by atoms with Crippen LogP contribution in [0.1, 0.15) is 26.5 Å². The standard InChI is InChI=1S/C11H13FINO2/c1-11(2,3)16-10(15)5-9-8(12)4-7(13)6-14-9/h4,6H,5H2,1-3H3. The first-order chi connectivity index (χ1) is 7.28. The van der Waals surface area contributed by atoms with E-state index in [0.717, 1.165) is 0 Å². The normalized spacial score (nSPS) is 11.3. The van der Waals surface area contributed by atoms with Gasteiger partial charge in [0.25, 0.3) is 0 Å². The maximum absolute atomic E-state index is 13.4. The van der Waals surface area contributed by atoms with Gasteiger partial charge in [0, 0.05) is 9.77 Å². The SMILES string of the molecule is CC(C)(C)OC(=O)Cc1ncc(I)cc1F. The molecule has 88 valence electrons. The van der Waals surface area contributed by atoms with Crippen molar-refractivity contribution in [3.8, 4) is 0 Å². The maximum atomic E-state index is 13.4. The molecule has 5 heteroatoms.